The van der Waals surface area contributed by atoms with E-state index in [9.17, 15) is 4.79 Å². The van der Waals surface area contributed by atoms with Gasteiger partial charge in [-0.05, 0) is 25.0 Å². The first kappa shape index (κ1) is 15.1. The maximum Gasteiger partial charge on any atom is 0.241 e. The zero-order valence-electron chi connectivity index (χ0n) is 13.1. The topological polar surface area (TPSA) is 75.9 Å². The van der Waals surface area contributed by atoms with Gasteiger partial charge >= 0.3 is 0 Å². The van der Waals surface area contributed by atoms with Crippen molar-refractivity contribution in [2.24, 2.45) is 0 Å². The predicted molar refractivity (Wildman–Crippen MR) is 93.0 cm³/mol. The SMILES string of the molecule is O=C(Cn1nnc2ccccc21)NC[C@@H]1CCCN1c1nccs1. The Kier molecular flexibility index (Phi) is 4.12. The number of carbonyl (C=O) groups excluding carboxylic acids is 1. The highest BCUT2D eigenvalue weighted by Gasteiger charge is 2.26. The molecule has 0 unspecified atom stereocenters. The molecule has 124 valence electrons. The van der Waals surface area contributed by atoms with Crippen LogP contribution in [0.2, 0.25) is 0 Å². The second-order valence-corrected chi connectivity index (χ2v) is 6.72. The molecule has 0 bridgehead atoms. The van der Waals surface area contributed by atoms with E-state index in [4.69, 9.17) is 0 Å². The van der Waals surface area contributed by atoms with Gasteiger partial charge in [0.1, 0.15) is 12.1 Å². The fraction of sp³-hybridized carbons (Fsp3) is 0.375. The maximum atomic E-state index is 12.3. The Bertz CT molecular complexity index is 830. The first-order valence-electron chi connectivity index (χ1n) is 8.02. The van der Waals surface area contributed by atoms with Crippen molar-refractivity contribution in [2.45, 2.75) is 25.4 Å². The summed E-state index contributed by atoms with van der Waals surface area (Å²) in [6, 6.07) is 7.96. The zero-order valence-corrected chi connectivity index (χ0v) is 13.9. The molecular weight excluding hydrogens is 324 g/mol. The first-order valence-corrected chi connectivity index (χ1v) is 8.90. The summed E-state index contributed by atoms with van der Waals surface area (Å²) in [7, 11) is 0. The molecule has 2 aromatic heterocycles. The molecule has 3 aromatic rings. The van der Waals surface area contributed by atoms with E-state index in [0.717, 1.165) is 35.6 Å². The van der Waals surface area contributed by atoms with E-state index < -0.39 is 0 Å². The monoisotopic (exact) mass is 342 g/mol. The third-order valence-corrected chi connectivity index (χ3v) is 5.10. The lowest BCUT2D eigenvalue weighted by Gasteiger charge is -2.24. The third-order valence-electron chi connectivity index (χ3n) is 4.29. The van der Waals surface area contributed by atoms with Gasteiger partial charge in [0.05, 0.1) is 5.52 Å². The molecule has 1 fully saturated rings. The van der Waals surface area contributed by atoms with Crippen LogP contribution in [0.15, 0.2) is 35.8 Å². The minimum atomic E-state index is -0.0448. The average molecular weight is 342 g/mol. The second kappa shape index (κ2) is 6.56. The normalized spacial score (nSPS) is 17.5. The van der Waals surface area contributed by atoms with E-state index in [1.807, 2.05) is 35.8 Å². The van der Waals surface area contributed by atoms with Crippen molar-refractivity contribution in [2.75, 3.05) is 18.0 Å². The van der Waals surface area contributed by atoms with Gasteiger partial charge in [0.2, 0.25) is 5.91 Å². The Labute approximate surface area is 143 Å². The summed E-state index contributed by atoms with van der Waals surface area (Å²) < 4.78 is 1.64. The van der Waals surface area contributed by atoms with Gasteiger partial charge in [-0.1, -0.05) is 17.3 Å². The number of para-hydroxylation sites is 1. The van der Waals surface area contributed by atoms with Crippen LogP contribution in [0.25, 0.3) is 11.0 Å². The number of rotatable bonds is 5. The number of thiazole rings is 1. The molecule has 8 heteroatoms. The van der Waals surface area contributed by atoms with Crippen LogP contribution in [0.5, 0.6) is 0 Å². The minimum absolute atomic E-state index is 0.0448. The molecule has 0 saturated carbocycles. The molecular formula is C16H18N6OS. The number of carbonyl (C=O) groups is 1. The number of aromatic nitrogens is 4. The van der Waals surface area contributed by atoms with Crippen molar-refractivity contribution in [1.82, 2.24) is 25.3 Å². The molecule has 4 rings (SSSR count). The van der Waals surface area contributed by atoms with Crippen LogP contribution in [0.3, 0.4) is 0 Å². The predicted octanol–water partition coefficient (Wildman–Crippen LogP) is 1.67. The van der Waals surface area contributed by atoms with E-state index >= 15 is 0 Å². The molecule has 7 nitrogen and oxygen atoms in total. The molecule has 1 aliphatic heterocycles. The third kappa shape index (κ3) is 2.96. The molecule has 0 spiro atoms. The molecule has 1 aromatic carbocycles. The molecule has 1 saturated heterocycles. The average Bonchev–Trinajstić information content (AvgIpc) is 3.33. The van der Waals surface area contributed by atoms with Crippen LogP contribution in [0.4, 0.5) is 5.13 Å². The number of nitrogens with zero attached hydrogens (tertiary/aromatic N) is 5. The molecule has 0 aliphatic carbocycles. The van der Waals surface area contributed by atoms with Gasteiger partial charge in [0.15, 0.2) is 5.13 Å². The maximum absolute atomic E-state index is 12.3. The molecule has 1 aliphatic rings. The number of fused-ring (bicyclic) bond motifs is 1. The molecule has 3 heterocycles. The Morgan fingerprint density at radius 3 is 3.17 bits per heavy atom. The highest BCUT2D eigenvalue weighted by molar-refractivity contribution is 7.13. The molecule has 0 radical (unpaired) electrons. The lowest BCUT2D eigenvalue weighted by molar-refractivity contribution is -0.121. The molecule has 24 heavy (non-hydrogen) atoms. The quantitative estimate of drug-likeness (QED) is 0.763. The fourth-order valence-corrected chi connectivity index (χ4v) is 3.86. The summed E-state index contributed by atoms with van der Waals surface area (Å²) in [5.74, 6) is -0.0448. The van der Waals surface area contributed by atoms with Gasteiger partial charge < -0.3 is 10.2 Å². The zero-order chi connectivity index (χ0) is 16.4. The van der Waals surface area contributed by atoms with Crippen molar-refractivity contribution < 1.29 is 4.79 Å². The number of anilines is 1. The fourth-order valence-electron chi connectivity index (χ4n) is 3.12. The van der Waals surface area contributed by atoms with Crippen molar-refractivity contribution in [3.8, 4) is 0 Å². The minimum Gasteiger partial charge on any atom is -0.352 e. The molecule has 1 amide bonds. The number of hydrogen-bond donors (Lipinski definition) is 1. The Morgan fingerprint density at radius 1 is 1.38 bits per heavy atom. The van der Waals surface area contributed by atoms with Crippen LogP contribution in [0.1, 0.15) is 12.8 Å². The van der Waals surface area contributed by atoms with Crippen LogP contribution in [0, 0.1) is 0 Å². The number of amides is 1. The van der Waals surface area contributed by atoms with Gasteiger partial charge in [0, 0.05) is 30.7 Å². The number of benzene rings is 1. The Hall–Kier alpha value is -2.48. The van der Waals surface area contributed by atoms with E-state index in [-0.39, 0.29) is 12.5 Å². The van der Waals surface area contributed by atoms with Crippen molar-refractivity contribution in [1.29, 1.82) is 0 Å². The van der Waals surface area contributed by atoms with Gasteiger partial charge in [-0.2, -0.15) is 0 Å². The van der Waals surface area contributed by atoms with E-state index in [1.165, 1.54) is 0 Å². The highest BCUT2D eigenvalue weighted by atomic mass is 32.1. The van der Waals surface area contributed by atoms with Gasteiger partial charge in [-0.3, -0.25) is 4.79 Å². The van der Waals surface area contributed by atoms with Crippen LogP contribution in [-0.4, -0.2) is 45.0 Å². The van der Waals surface area contributed by atoms with Gasteiger partial charge in [-0.25, -0.2) is 9.67 Å². The summed E-state index contributed by atoms with van der Waals surface area (Å²) in [6.07, 6.45) is 4.03. The largest absolute Gasteiger partial charge is 0.352 e. The first-order chi connectivity index (χ1) is 11.8. The van der Waals surface area contributed by atoms with E-state index in [1.54, 1.807) is 16.0 Å². The number of nitrogens with one attached hydrogen (secondary N) is 1. The lowest BCUT2D eigenvalue weighted by atomic mass is 10.2. The molecule has 1 atom stereocenters. The summed E-state index contributed by atoms with van der Waals surface area (Å²) in [4.78, 5) is 18.9. The summed E-state index contributed by atoms with van der Waals surface area (Å²) in [5, 5.41) is 14.2. The van der Waals surface area contributed by atoms with Gasteiger partial charge in [0.25, 0.3) is 0 Å². The van der Waals surface area contributed by atoms with E-state index in [0.29, 0.717) is 12.6 Å². The van der Waals surface area contributed by atoms with Crippen molar-refractivity contribution in [3.05, 3.63) is 35.8 Å². The summed E-state index contributed by atoms with van der Waals surface area (Å²) >= 11 is 1.64. The Balaban J connectivity index is 1.36. The lowest BCUT2D eigenvalue weighted by Crippen LogP contribution is -2.41. The summed E-state index contributed by atoms with van der Waals surface area (Å²) in [6.45, 7) is 1.82. The van der Waals surface area contributed by atoms with Crippen molar-refractivity contribution >= 4 is 33.4 Å². The van der Waals surface area contributed by atoms with Crippen LogP contribution < -0.4 is 10.2 Å². The highest BCUT2D eigenvalue weighted by Crippen LogP contribution is 2.26. The smallest absolute Gasteiger partial charge is 0.241 e. The number of hydrogen-bond acceptors (Lipinski definition) is 6. The second-order valence-electron chi connectivity index (χ2n) is 5.84. The van der Waals surface area contributed by atoms with Crippen LogP contribution in [-0.2, 0) is 11.3 Å². The van der Waals surface area contributed by atoms with E-state index in [2.05, 4.69) is 25.5 Å². The molecule has 1 N–H and O–H groups in total. The standard InChI is InChI=1S/C16H18N6OS/c23-15(11-22-14-6-2-1-5-13(14)19-20-22)18-10-12-4-3-8-21(12)16-17-7-9-24-16/h1-2,5-7,9,12H,3-4,8,10-11H2,(H,18,23)/t12-/m0/s1. The van der Waals surface area contributed by atoms with Crippen molar-refractivity contribution in [3.63, 3.8) is 0 Å². The Morgan fingerprint density at radius 2 is 2.29 bits per heavy atom. The van der Waals surface area contributed by atoms with Crippen LogP contribution >= 0.6 is 11.3 Å². The van der Waals surface area contributed by atoms with Gasteiger partial charge in [-0.15, -0.1) is 16.4 Å². The summed E-state index contributed by atoms with van der Waals surface area (Å²) in [5.41, 5.74) is 1.67.